The van der Waals surface area contributed by atoms with Crippen LogP contribution in [0.4, 0.5) is 0 Å². The van der Waals surface area contributed by atoms with Gasteiger partial charge in [-0.15, -0.1) is 0 Å². The zero-order valence-electron chi connectivity index (χ0n) is 12.5. The summed E-state index contributed by atoms with van der Waals surface area (Å²) in [7, 11) is 0. The molecule has 1 aromatic rings. The molecule has 0 aliphatic carbocycles. The number of rotatable bonds is 12. The smallest absolute Gasteiger partial charge is 0.243 e. The average Bonchev–Trinajstić information content (AvgIpc) is 2.86. The van der Waals surface area contributed by atoms with Gasteiger partial charge in [0, 0.05) is 26.4 Å². The van der Waals surface area contributed by atoms with Gasteiger partial charge in [-0.2, -0.15) is 0 Å². The monoisotopic (exact) mass is 269 g/mol. The van der Waals surface area contributed by atoms with Gasteiger partial charge in [-0.05, 0) is 39.5 Å². The predicted molar refractivity (Wildman–Crippen MR) is 76.1 cm³/mol. The summed E-state index contributed by atoms with van der Waals surface area (Å²) in [4.78, 5) is 0. The number of hydrogen-bond donors (Lipinski definition) is 0. The maximum atomic E-state index is 5.34. The maximum absolute atomic E-state index is 5.34. The minimum absolute atomic E-state index is 0.825. The SMILES string of the molecule is CCOCCCCn1cc[n+](CCCCOCC)c1. The van der Waals surface area contributed by atoms with Gasteiger partial charge in [-0.3, -0.25) is 0 Å². The lowest BCUT2D eigenvalue weighted by molar-refractivity contribution is -0.697. The van der Waals surface area contributed by atoms with Crippen LogP contribution in [-0.4, -0.2) is 31.0 Å². The summed E-state index contributed by atoms with van der Waals surface area (Å²) in [5.74, 6) is 0. The number of aryl methyl sites for hydroxylation is 2. The molecule has 110 valence electrons. The highest BCUT2D eigenvalue weighted by Crippen LogP contribution is 1.96. The van der Waals surface area contributed by atoms with Gasteiger partial charge in [0.1, 0.15) is 12.4 Å². The molecule has 0 saturated carbocycles. The van der Waals surface area contributed by atoms with Crippen LogP contribution in [-0.2, 0) is 22.6 Å². The van der Waals surface area contributed by atoms with Crippen LogP contribution in [0, 0.1) is 0 Å². The van der Waals surface area contributed by atoms with E-state index < -0.39 is 0 Å². The third-order valence-electron chi connectivity index (χ3n) is 3.06. The molecule has 1 aromatic heterocycles. The lowest BCUT2D eigenvalue weighted by Crippen LogP contribution is -2.31. The zero-order chi connectivity index (χ0) is 13.8. The van der Waals surface area contributed by atoms with Crippen LogP contribution in [0.2, 0.25) is 0 Å². The van der Waals surface area contributed by atoms with E-state index in [1.165, 1.54) is 12.8 Å². The van der Waals surface area contributed by atoms with Crippen LogP contribution >= 0.6 is 0 Å². The molecule has 0 saturated heterocycles. The van der Waals surface area contributed by atoms with Crippen LogP contribution < -0.4 is 4.57 Å². The molecule has 0 N–H and O–H groups in total. The van der Waals surface area contributed by atoms with Crippen molar-refractivity contribution < 1.29 is 14.0 Å². The fraction of sp³-hybridized carbons (Fsp3) is 0.800. The first-order chi connectivity index (χ1) is 9.36. The Kier molecular flexibility index (Phi) is 9.37. The summed E-state index contributed by atoms with van der Waals surface area (Å²) in [6, 6.07) is 0. The lowest BCUT2D eigenvalue weighted by atomic mass is 10.3. The van der Waals surface area contributed by atoms with Gasteiger partial charge in [0.25, 0.3) is 0 Å². The van der Waals surface area contributed by atoms with Gasteiger partial charge >= 0.3 is 0 Å². The third kappa shape index (κ3) is 8.01. The molecule has 0 aromatic carbocycles. The number of ether oxygens (including phenoxy) is 2. The van der Waals surface area contributed by atoms with Gasteiger partial charge in [0.2, 0.25) is 6.33 Å². The fourth-order valence-corrected chi connectivity index (χ4v) is 1.99. The van der Waals surface area contributed by atoms with Crippen LogP contribution in [0.15, 0.2) is 18.7 Å². The Labute approximate surface area is 117 Å². The highest BCUT2D eigenvalue weighted by Gasteiger charge is 2.03. The van der Waals surface area contributed by atoms with Crippen molar-refractivity contribution in [3.8, 4) is 0 Å². The maximum Gasteiger partial charge on any atom is 0.243 e. The summed E-state index contributed by atoms with van der Waals surface area (Å²) < 4.78 is 15.2. The average molecular weight is 269 g/mol. The molecular weight excluding hydrogens is 240 g/mol. The minimum atomic E-state index is 0.825. The second-order valence-corrected chi connectivity index (χ2v) is 4.70. The van der Waals surface area contributed by atoms with Crippen molar-refractivity contribution in [1.82, 2.24) is 4.57 Å². The Morgan fingerprint density at radius 1 is 0.947 bits per heavy atom. The third-order valence-corrected chi connectivity index (χ3v) is 3.06. The van der Waals surface area contributed by atoms with Crippen molar-refractivity contribution in [2.24, 2.45) is 0 Å². The molecule has 0 spiro atoms. The molecule has 0 radical (unpaired) electrons. The highest BCUT2D eigenvalue weighted by atomic mass is 16.5. The second kappa shape index (κ2) is 11.0. The van der Waals surface area contributed by atoms with Crippen LogP contribution in [0.1, 0.15) is 39.5 Å². The molecule has 0 fully saturated rings. The Hall–Kier alpha value is -0.870. The van der Waals surface area contributed by atoms with E-state index in [9.17, 15) is 0 Å². The van der Waals surface area contributed by atoms with Crippen molar-refractivity contribution in [1.29, 1.82) is 0 Å². The molecule has 0 unspecified atom stereocenters. The van der Waals surface area contributed by atoms with E-state index in [1.807, 2.05) is 13.8 Å². The normalized spacial score (nSPS) is 11.1. The van der Waals surface area contributed by atoms with Crippen LogP contribution in [0.5, 0.6) is 0 Å². The number of nitrogens with zero attached hydrogens (tertiary/aromatic N) is 2. The van der Waals surface area contributed by atoms with Crippen molar-refractivity contribution in [2.75, 3.05) is 26.4 Å². The zero-order valence-corrected chi connectivity index (χ0v) is 12.5. The van der Waals surface area contributed by atoms with Crippen molar-refractivity contribution in [2.45, 2.75) is 52.6 Å². The molecule has 1 heterocycles. The standard InChI is InChI=1S/C15H29N2O2/c1-3-18-13-7-5-9-16-11-12-17(15-16)10-6-8-14-19-4-2/h11-12,15H,3-10,13-14H2,1-2H3/q+1. The second-order valence-electron chi connectivity index (χ2n) is 4.70. The molecule has 4 heteroatoms. The van der Waals surface area contributed by atoms with Crippen molar-refractivity contribution in [3.63, 3.8) is 0 Å². The van der Waals surface area contributed by atoms with E-state index in [-0.39, 0.29) is 0 Å². The molecule has 0 aliphatic rings. The molecule has 0 atom stereocenters. The van der Waals surface area contributed by atoms with Crippen LogP contribution in [0.25, 0.3) is 0 Å². The van der Waals surface area contributed by atoms with Crippen molar-refractivity contribution >= 4 is 0 Å². The van der Waals surface area contributed by atoms with Crippen LogP contribution in [0.3, 0.4) is 0 Å². The first kappa shape index (κ1) is 16.2. The van der Waals surface area contributed by atoms with Gasteiger partial charge in [-0.25, -0.2) is 9.13 Å². The minimum Gasteiger partial charge on any atom is -0.382 e. The summed E-state index contributed by atoms with van der Waals surface area (Å²) in [6.07, 6.45) is 11.1. The van der Waals surface area contributed by atoms with Gasteiger partial charge in [-0.1, -0.05) is 0 Å². The molecule has 0 amide bonds. The van der Waals surface area contributed by atoms with E-state index in [0.717, 1.165) is 52.4 Å². The lowest BCUT2D eigenvalue weighted by Gasteiger charge is -2.00. The van der Waals surface area contributed by atoms with E-state index >= 15 is 0 Å². The molecular formula is C15H29N2O2+. The largest absolute Gasteiger partial charge is 0.382 e. The molecule has 19 heavy (non-hydrogen) atoms. The Morgan fingerprint density at radius 2 is 1.63 bits per heavy atom. The van der Waals surface area contributed by atoms with E-state index in [4.69, 9.17) is 9.47 Å². The van der Waals surface area contributed by atoms with Crippen molar-refractivity contribution in [3.05, 3.63) is 18.7 Å². The molecule has 0 aliphatic heterocycles. The van der Waals surface area contributed by atoms with Gasteiger partial charge in [0.05, 0.1) is 13.1 Å². The Balaban J connectivity index is 2.07. The fourth-order valence-electron chi connectivity index (χ4n) is 1.99. The summed E-state index contributed by atoms with van der Waals surface area (Å²) in [5.41, 5.74) is 0. The summed E-state index contributed by atoms with van der Waals surface area (Å²) in [5, 5.41) is 0. The Bertz CT molecular complexity index is 284. The number of aromatic nitrogens is 2. The topological polar surface area (TPSA) is 27.3 Å². The van der Waals surface area contributed by atoms with E-state index in [0.29, 0.717) is 0 Å². The first-order valence-corrected chi connectivity index (χ1v) is 7.57. The number of imidazole rings is 1. The number of hydrogen-bond acceptors (Lipinski definition) is 2. The van der Waals surface area contributed by atoms with Gasteiger partial charge < -0.3 is 9.47 Å². The highest BCUT2D eigenvalue weighted by molar-refractivity contribution is 4.66. The quantitative estimate of drug-likeness (QED) is 0.430. The summed E-state index contributed by atoms with van der Waals surface area (Å²) in [6.45, 7) is 9.67. The van der Waals surface area contributed by atoms with E-state index in [2.05, 4.69) is 27.9 Å². The molecule has 4 nitrogen and oxygen atoms in total. The number of unbranched alkanes of at least 4 members (excludes halogenated alkanes) is 2. The Morgan fingerprint density at radius 3 is 2.32 bits per heavy atom. The first-order valence-electron chi connectivity index (χ1n) is 7.57. The summed E-state index contributed by atoms with van der Waals surface area (Å²) >= 11 is 0. The van der Waals surface area contributed by atoms with E-state index in [1.54, 1.807) is 0 Å². The molecule has 0 bridgehead atoms. The predicted octanol–water partition coefficient (Wildman–Crippen LogP) is 2.41. The molecule has 1 rings (SSSR count). The van der Waals surface area contributed by atoms with Gasteiger partial charge in [0.15, 0.2) is 0 Å².